The van der Waals surface area contributed by atoms with Gasteiger partial charge in [-0.2, -0.15) is 0 Å². The van der Waals surface area contributed by atoms with Gasteiger partial charge in [0.05, 0.1) is 6.16 Å². The minimum Gasteiger partial charge on any atom is -1.00 e. The van der Waals surface area contributed by atoms with Crippen molar-refractivity contribution in [1.29, 1.82) is 0 Å². The average molecular weight is 407 g/mol. The molecule has 0 saturated heterocycles. The van der Waals surface area contributed by atoms with Crippen LogP contribution in [0.2, 0.25) is 0 Å². The maximum absolute atomic E-state index is 5.45. The third-order valence-electron chi connectivity index (χ3n) is 4.18. The SMILES string of the molecule is C#C/C=C/C[P+](c1ccccc1)(c1ccccc1)c1ccccc1.[Br-]. The summed E-state index contributed by atoms with van der Waals surface area (Å²) < 4.78 is 0. The lowest BCUT2D eigenvalue weighted by Crippen LogP contribution is -3.00. The molecule has 25 heavy (non-hydrogen) atoms. The van der Waals surface area contributed by atoms with Crippen LogP contribution in [0.15, 0.2) is 103 Å². The van der Waals surface area contributed by atoms with E-state index in [1.54, 1.807) is 0 Å². The fraction of sp³-hybridized carbons (Fsp3) is 0.0435. The Balaban J connectivity index is 0.00000225. The van der Waals surface area contributed by atoms with Gasteiger partial charge in [-0.3, -0.25) is 0 Å². The second-order valence-electron chi connectivity index (χ2n) is 5.57. The molecule has 0 unspecified atom stereocenters. The molecule has 3 rings (SSSR count). The van der Waals surface area contributed by atoms with Crippen LogP contribution in [0.4, 0.5) is 0 Å². The lowest BCUT2D eigenvalue weighted by Gasteiger charge is -2.26. The fourth-order valence-corrected chi connectivity index (χ4v) is 7.08. The topological polar surface area (TPSA) is 0 Å². The van der Waals surface area contributed by atoms with Crippen molar-refractivity contribution in [3.8, 4) is 12.3 Å². The summed E-state index contributed by atoms with van der Waals surface area (Å²) in [5, 5.41) is 4.14. The number of halogens is 1. The molecule has 0 heterocycles. The highest BCUT2D eigenvalue weighted by molar-refractivity contribution is 7.95. The minimum absolute atomic E-state index is 0. The molecule has 0 aliphatic heterocycles. The van der Waals surface area contributed by atoms with Crippen molar-refractivity contribution in [2.75, 3.05) is 6.16 Å². The predicted octanol–water partition coefficient (Wildman–Crippen LogP) is 1.17. The zero-order valence-corrected chi connectivity index (χ0v) is 16.4. The van der Waals surface area contributed by atoms with Crippen LogP contribution in [0.1, 0.15) is 0 Å². The third-order valence-corrected chi connectivity index (χ3v) is 8.48. The van der Waals surface area contributed by atoms with E-state index in [1.165, 1.54) is 15.9 Å². The molecule has 0 N–H and O–H groups in total. The van der Waals surface area contributed by atoms with Crippen LogP contribution in [0.3, 0.4) is 0 Å². The van der Waals surface area contributed by atoms with Crippen LogP contribution in [0, 0.1) is 12.3 Å². The van der Waals surface area contributed by atoms with Crippen molar-refractivity contribution in [2.45, 2.75) is 0 Å². The van der Waals surface area contributed by atoms with Crippen LogP contribution in [-0.4, -0.2) is 6.16 Å². The Morgan fingerprint density at radius 1 is 0.680 bits per heavy atom. The maximum Gasteiger partial charge on any atom is 0.116 e. The van der Waals surface area contributed by atoms with E-state index in [0.29, 0.717) is 0 Å². The Kier molecular flexibility index (Phi) is 7.20. The van der Waals surface area contributed by atoms with E-state index in [1.807, 2.05) is 6.08 Å². The molecular formula is C23H20BrP. The van der Waals surface area contributed by atoms with E-state index in [-0.39, 0.29) is 17.0 Å². The van der Waals surface area contributed by atoms with E-state index in [2.05, 4.69) is 103 Å². The molecule has 0 radical (unpaired) electrons. The Morgan fingerprint density at radius 3 is 1.36 bits per heavy atom. The minimum atomic E-state index is -1.77. The molecule has 0 aromatic heterocycles. The van der Waals surface area contributed by atoms with E-state index in [4.69, 9.17) is 6.42 Å². The number of terminal acetylenes is 1. The first kappa shape index (κ1) is 19.2. The van der Waals surface area contributed by atoms with Gasteiger partial charge in [-0.05, 0) is 48.6 Å². The highest BCUT2D eigenvalue weighted by Gasteiger charge is 2.43. The van der Waals surface area contributed by atoms with E-state index < -0.39 is 7.26 Å². The average Bonchev–Trinajstić information content (AvgIpc) is 2.68. The summed E-state index contributed by atoms with van der Waals surface area (Å²) in [4.78, 5) is 0. The molecule has 0 saturated carbocycles. The highest BCUT2D eigenvalue weighted by Crippen LogP contribution is 2.55. The van der Waals surface area contributed by atoms with Crippen LogP contribution in [0.25, 0.3) is 0 Å². The van der Waals surface area contributed by atoms with Gasteiger partial charge in [-0.15, -0.1) is 6.42 Å². The van der Waals surface area contributed by atoms with Gasteiger partial charge >= 0.3 is 0 Å². The molecule has 3 aromatic carbocycles. The quantitative estimate of drug-likeness (QED) is 0.440. The van der Waals surface area contributed by atoms with Gasteiger partial charge in [-0.25, -0.2) is 0 Å². The van der Waals surface area contributed by atoms with Crippen LogP contribution < -0.4 is 32.9 Å². The lowest BCUT2D eigenvalue weighted by atomic mass is 10.4. The monoisotopic (exact) mass is 406 g/mol. The molecule has 0 amide bonds. The summed E-state index contributed by atoms with van der Waals surface area (Å²) in [5.74, 6) is 2.63. The van der Waals surface area contributed by atoms with Crippen molar-refractivity contribution < 1.29 is 17.0 Å². The van der Waals surface area contributed by atoms with Crippen LogP contribution in [-0.2, 0) is 0 Å². The van der Waals surface area contributed by atoms with Crippen molar-refractivity contribution in [3.63, 3.8) is 0 Å². The molecule has 0 aliphatic carbocycles. The van der Waals surface area contributed by atoms with Crippen molar-refractivity contribution in [2.24, 2.45) is 0 Å². The van der Waals surface area contributed by atoms with E-state index >= 15 is 0 Å². The Morgan fingerprint density at radius 2 is 1.04 bits per heavy atom. The first-order valence-electron chi connectivity index (χ1n) is 8.04. The summed E-state index contributed by atoms with van der Waals surface area (Å²) in [6, 6.07) is 32.5. The fourth-order valence-electron chi connectivity index (χ4n) is 3.09. The Bertz CT molecular complexity index is 737. The van der Waals surface area contributed by atoms with Crippen LogP contribution >= 0.6 is 7.26 Å². The number of hydrogen-bond donors (Lipinski definition) is 0. The van der Waals surface area contributed by atoms with Gasteiger partial charge in [0.2, 0.25) is 0 Å². The summed E-state index contributed by atoms with van der Waals surface area (Å²) in [5.41, 5.74) is 0. The molecule has 0 fully saturated rings. The Hall–Kier alpha value is -2.13. The molecule has 3 aromatic rings. The smallest absolute Gasteiger partial charge is 0.116 e. The van der Waals surface area contributed by atoms with Crippen molar-refractivity contribution >= 4 is 23.2 Å². The number of allylic oxidation sites excluding steroid dienone is 2. The van der Waals surface area contributed by atoms with Crippen LogP contribution in [0.5, 0.6) is 0 Å². The lowest BCUT2D eigenvalue weighted by molar-refractivity contribution is -0.00000460. The molecule has 0 spiro atoms. The zero-order valence-electron chi connectivity index (χ0n) is 13.9. The van der Waals surface area contributed by atoms with Gasteiger partial charge in [0.1, 0.15) is 23.2 Å². The summed E-state index contributed by atoms with van der Waals surface area (Å²) in [6.07, 6.45) is 10.3. The van der Waals surface area contributed by atoms with Gasteiger partial charge in [0.25, 0.3) is 0 Å². The molecule has 0 bridgehead atoms. The van der Waals surface area contributed by atoms with Crippen molar-refractivity contribution in [1.82, 2.24) is 0 Å². The standard InChI is InChI=1S/C23H20P.BrH/c1-2-3-13-20-24(21-14-7-4-8-15-21,22-16-9-5-10-17-22)23-18-11-6-12-19-23;/h1,3-19H,20H2;1H/q+1;/p-1/b13-3+;. The second-order valence-corrected chi connectivity index (χ2v) is 9.10. The number of hydrogen-bond acceptors (Lipinski definition) is 0. The van der Waals surface area contributed by atoms with Gasteiger partial charge in [-0.1, -0.05) is 60.5 Å². The summed E-state index contributed by atoms with van der Waals surface area (Å²) >= 11 is 0. The van der Waals surface area contributed by atoms with E-state index in [0.717, 1.165) is 6.16 Å². The molecule has 0 aliphatic rings. The number of benzene rings is 3. The zero-order chi connectivity index (χ0) is 16.7. The summed E-state index contributed by atoms with van der Waals surface area (Å²) in [7, 11) is -1.77. The Labute approximate surface area is 161 Å². The first-order chi connectivity index (χ1) is 11.9. The van der Waals surface area contributed by atoms with Gasteiger partial charge in [0.15, 0.2) is 0 Å². The van der Waals surface area contributed by atoms with Gasteiger partial charge in [0, 0.05) is 0 Å². The third kappa shape index (κ3) is 4.10. The molecular weight excluding hydrogens is 387 g/mol. The normalized spacial score (nSPS) is 10.8. The molecule has 0 nitrogen and oxygen atoms in total. The summed E-state index contributed by atoms with van der Waals surface area (Å²) in [6.45, 7) is 0. The molecule has 124 valence electrons. The predicted molar refractivity (Wildman–Crippen MR) is 108 cm³/mol. The number of rotatable bonds is 5. The van der Waals surface area contributed by atoms with Gasteiger partial charge < -0.3 is 17.0 Å². The largest absolute Gasteiger partial charge is 1.00 e. The second kappa shape index (κ2) is 9.38. The first-order valence-corrected chi connectivity index (χ1v) is 10.0. The van der Waals surface area contributed by atoms with Crippen molar-refractivity contribution in [3.05, 3.63) is 103 Å². The molecule has 0 atom stereocenters. The van der Waals surface area contributed by atoms with E-state index in [9.17, 15) is 0 Å². The molecule has 2 heteroatoms. The highest BCUT2D eigenvalue weighted by atomic mass is 79.9. The maximum atomic E-state index is 5.45.